The van der Waals surface area contributed by atoms with E-state index in [4.69, 9.17) is 21.1 Å². The zero-order valence-electron chi connectivity index (χ0n) is 19.0. The maximum atomic E-state index is 6.03. The SMILES string of the molecule is COc1cc(CNC23CC4C[C@@](C)(C2)C[C@](C)(C4)C3)ccc1OCc1ccc(Cl)cc1. The van der Waals surface area contributed by atoms with Crippen molar-refractivity contribution in [3.8, 4) is 11.5 Å². The second-order valence-corrected chi connectivity index (χ2v) is 11.6. The van der Waals surface area contributed by atoms with E-state index in [1.807, 2.05) is 30.3 Å². The van der Waals surface area contributed by atoms with Gasteiger partial charge < -0.3 is 14.8 Å². The molecule has 0 saturated heterocycles. The Kier molecular flexibility index (Phi) is 5.26. The average molecular weight is 440 g/mol. The van der Waals surface area contributed by atoms with Crippen molar-refractivity contribution < 1.29 is 9.47 Å². The molecule has 0 amide bonds. The number of benzene rings is 2. The molecule has 2 aromatic carbocycles. The third-order valence-corrected chi connectivity index (χ3v) is 8.08. The van der Waals surface area contributed by atoms with Gasteiger partial charge in [0.05, 0.1) is 7.11 Å². The minimum absolute atomic E-state index is 0.305. The van der Waals surface area contributed by atoms with Gasteiger partial charge in [-0.05, 0) is 90.7 Å². The Balaban J connectivity index is 1.26. The quantitative estimate of drug-likeness (QED) is 0.516. The van der Waals surface area contributed by atoms with Gasteiger partial charge in [-0.25, -0.2) is 0 Å². The van der Waals surface area contributed by atoms with Crippen LogP contribution in [0.1, 0.15) is 63.5 Å². The molecule has 4 bridgehead atoms. The van der Waals surface area contributed by atoms with E-state index >= 15 is 0 Å². The molecule has 4 heteroatoms. The monoisotopic (exact) mass is 439 g/mol. The largest absolute Gasteiger partial charge is 0.493 e. The van der Waals surface area contributed by atoms with Gasteiger partial charge >= 0.3 is 0 Å². The molecular formula is C27H34ClNO2. The summed E-state index contributed by atoms with van der Waals surface area (Å²) >= 11 is 5.97. The van der Waals surface area contributed by atoms with Gasteiger partial charge in [0.15, 0.2) is 11.5 Å². The molecule has 0 heterocycles. The summed E-state index contributed by atoms with van der Waals surface area (Å²) in [5, 5.41) is 4.76. The molecule has 6 rings (SSSR count). The minimum Gasteiger partial charge on any atom is -0.493 e. The van der Waals surface area contributed by atoms with Crippen LogP contribution in [0.5, 0.6) is 11.5 Å². The molecular weight excluding hydrogens is 406 g/mol. The minimum atomic E-state index is 0.305. The second kappa shape index (κ2) is 7.71. The molecule has 31 heavy (non-hydrogen) atoms. The van der Waals surface area contributed by atoms with Crippen molar-refractivity contribution in [2.24, 2.45) is 16.7 Å². The maximum Gasteiger partial charge on any atom is 0.161 e. The Morgan fingerprint density at radius 1 is 0.903 bits per heavy atom. The number of halogens is 1. The molecule has 0 aliphatic heterocycles. The highest BCUT2D eigenvalue weighted by molar-refractivity contribution is 6.30. The normalized spacial score (nSPS) is 33.5. The van der Waals surface area contributed by atoms with Crippen LogP contribution < -0.4 is 14.8 Å². The number of rotatable bonds is 7. The van der Waals surface area contributed by atoms with Crippen molar-refractivity contribution >= 4 is 11.6 Å². The molecule has 4 atom stereocenters. The van der Waals surface area contributed by atoms with Crippen LogP contribution in [0.25, 0.3) is 0 Å². The summed E-state index contributed by atoms with van der Waals surface area (Å²) in [6.07, 6.45) is 8.26. The van der Waals surface area contributed by atoms with E-state index in [2.05, 4.69) is 31.3 Å². The van der Waals surface area contributed by atoms with Crippen molar-refractivity contribution in [2.75, 3.05) is 7.11 Å². The van der Waals surface area contributed by atoms with Crippen LogP contribution in [-0.2, 0) is 13.2 Å². The number of hydrogen-bond donors (Lipinski definition) is 1. The Hall–Kier alpha value is -1.71. The van der Waals surface area contributed by atoms with Crippen molar-refractivity contribution in [2.45, 2.75) is 71.1 Å². The number of hydrogen-bond acceptors (Lipinski definition) is 3. The predicted molar refractivity (Wildman–Crippen MR) is 126 cm³/mol. The topological polar surface area (TPSA) is 30.5 Å². The van der Waals surface area contributed by atoms with Crippen LogP contribution in [0.2, 0.25) is 5.02 Å². The lowest BCUT2D eigenvalue weighted by Gasteiger charge is -2.65. The number of ether oxygens (including phenoxy) is 2. The molecule has 166 valence electrons. The summed E-state index contributed by atoms with van der Waals surface area (Å²) in [7, 11) is 1.71. The van der Waals surface area contributed by atoms with Gasteiger partial charge in [-0.2, -0.15) is 0 Å². The van der Waals surface area contributed by atoms with E-state index < -0.39 is 0 Å². The van der Waals surface area contributed by atoms with E-state index in [1.165, 1.54) is 44.1 Å². The fraction of sp³-hybridized carbons (Fsp3) is 0.556. The van der Waals surface area contributed by atoms with Crippen LogP contribution in [-0.4, -0.2) is 12.6 Å². The molecule has 2 aromatic rings. The third kappa shape index (κ3) is 4.32. The predicted octanol–water partition coefficient (Wildman–Crippen LogP) is 6.77. The molecule has 3 nitrogen and oxygen atoms in total. The molecule has 0 spiro atoms. The van der Waals surface area contributed by atoms with E-state index in [0.717, 1.165) is 34.5 Å². The summed E-state index contributed by atoms with van der Waals surface area (Å²) in [6, 6.07) is 14.1. The number of methoxy groups -OCH3 is 1. The molecule has 1 N–H and O–H groups in total. The highest BCUT2D eigenvalue weighted by atomic mass is 35.5. The fourth-order valence-electron chi connectivity index (χ4n) is 7.62. The Morgan fingerprint density at radius 3 is 2.23 bits per heavy atom. The van der Waals surface area contributed by atoms with Crippen LogP contribution in [0.3, 0.4) is 0 Å². The average Bonchev–Trinajstić information content (AvgIpc) is 2.69. The third-order valence-electron chi connectivity index (χ3n) is 7.83. The smallest absolute Gasteiger partial charge is 0.161 e. The van der Waals surface area contributed by atoms with E-state index in [9.17, 15) is 0 Å². The van der Waals surface area contributed by atoms with Crippen LogP contribution in [0.4, 0.5) is 0 Å². The fourth-order valence-corrected chi connectivity index (χ4v) is 7.74. The van der Waals surface area contributed by atoms with Crippen LogP contribution in [0, 0.1) is 16.7 Å². The summed E-state index contributed by atoms with van der Waals surface area (Å²) in [6.45, 7) is 6.43. The van der Waals surface area contributed by atoms with Crippen LogP contribution in [0.15, 0.2) is 42.5 Å². The van der Waals surface area contributed by atoms with Crippen molar-refractivity contribution in [3.05, 3.63) is 58.6 Å². The number of nitrogens with one attached hydrogen (secondary N) is 1. The lowest BCUT2D eigenvalue weighted by molar-refractivity contribution is -0.118. The first-order chi connectivity index (χ1) is 14.8. The Labute approximate surface area is 191 Å². The zero-order chi connectivity index (χ0) is 21.7. The molecule has 4 aliphatic rings. The lowest BCUT2D eigenvalue weighted by atomic mass is 9.43. The Morgan fingerprint density at radius 2 is 1.58 bits per heavy atom. The van der Waals surface area contributed by atoms with Gasteiger partial charge in [0.2, 0.25) is 0 Å². The van der Waals surface area contributed by atoms with Gasteiger partial charge in [-0.15, -0.1) is 0 Å². The van der Waals surface area contributed by atoms with Crippen LogP contribution >= 0.6 is 11.6 Å². The van der Waals surface area contributed by atoms with Crippen molar-refractivity contribution in [3.63, 3.8) is 0 Å². The molecule has 4 fully saturated rings. The molecule has 4 saturated carbocycles. The van der Waals surface area contributed by atoms with E-state index in [1.54, 1.807) is 7.11 Å². The summed E-state index contributed by atoms with van der Waals surface area (Å²) in [4.78, 5) is 0. The molecule has 0 aromatic heterocycles. The van der Waals surface area contributed by atoms with Gasteiger partial charge in [0, 0.05) is 17.1 Å². The van der Waals surface area contributed by atoms with Crippen molar-refractivity contribution in [1.82, 2.24) is 5.32 Å². The highest BCUT2D eigenvalue weighted by Gasteiger charge is 2.59. The van der Waals surface area contributed by atoms with E-state index in [0.29, 0.717) is 23.0 Å². The Bertz CT molecular complexity index is 938. The van der Waals surface area contributed by atoms with Gasteiger partial charge in [0.1, 0.15) is 6.61 Å². The summed E-state index contributed by atoms with van der Waals surface area (Å²) in [5.74, 6) is 2.46. The zero-order valence-corrected chi connectivity index (χ0v) is 19.7. The standard InChI is InChI=1S/C27H34ClNO2/c1-25-11-21-12-26(2,16-25)18-27(13-21,17-25)29-14-20-6-9-23(24(10-20)30-3)31-15-19-4-7-22(28)8-5-19/h4-10,21,29H,11-18H2,1-3H3/t21?,25-,26+,27?. The molecule has 2 unspecified atom stereocenters. The first-order valence-corrected chi connectivity index (χ1v) is 11.9. The van der Waals surface area contributed by atoms with Gasteiger partial charge in [-0.3, -0.25) is 0 Å². The van der Waals surface area contributed by atoms with Crippen molar-refractivity contribution in [1.29, 1.82) is 0 Å². The maximum absolute atomic E-state index is 6.03. The first kappa shape index (κ1) is 21.2. The second-order valence-electron chi connectivity index (χ2n) is 11.2. The van der Waals surface area contributed by atoms with Gasteiger partial charge in [-0.1, -0.05) is 43.6 Å². The van der Waals surface area contributed by atoms with Gasteiger partial charge in [0.25, 0.3) is 0 Å². The molecule has 0 radical (unpaired) electrons. The summed E-state index contributed by atoms with van der Waals surface area (Å²) < 4.78 is 11.7. The first-order valence-electron chi connectivity index (χ1n) is 11.6. The molecule has 4 aliphatic carbocycles. The van der Waals surface area contributed by atoms with E-state index in [-0.39, 0.29) is 0 Å². The highest BCUT2D eigenvalue weighted by Crippen LogP contribution is 2.66. The lowest BCUT2D eigenvalue weighted by Crippen LogP contribution is -2.63. The summed E-state index contributed by atoms with van der Waals surface area (Å²) in [5.41, 5.74) is 3.69.